The van der Waals surface area contributed by atoms with Gasteiger partial charge in [0.25, 0.3) is 0 Å². The van der Waals surface area contributed by atoms with Gasteiger partial charge < -0.3 is 4.74 Å². The number of carbonyl (C=O) groups excluding carboxylic acids is 1. The third kappa shape index (κ3) is 2.42. The average molecular weight is 243 g/mol. The second-order valence-electron chi connectivity index (χ2n) is 4.07. The van der Waals surface area contributed by atoms with E-state index in [1.165, 1.54) is 7.11 Å². The second-order valence-corrected chi connectivity index (χ2v) is 4.32. The van der Waals surface area contributed by atoms with Crippen LogP contribution in [0.15, 0.2) is 30.3 Å². The van der Waals surface area contributed by atoms with Crippen molar-refractivity contribution < 1.29 is 9.53 Å². The van der Waals surface area contributed by atoms with E-state index < -0.39 is 5.41 Å². The molecule has 17 heavy (non-hydrogen) atoms. The van der Waals surface area contributed by atoms with Crippen molar-refractivity contribution >= 4 is 16.2 Å². The quantitative estimate of drug-likeness (QED) is 0.460. The lowest BCUT2D eigenvalue weighted by molar-refractivity contribution is -0.146. The van der Waals surface area contributed by atoms with Crippen LogP contribution in [-0.2, 0) is 14.9 Å². The number of benzene rings is 1. The van der Waals surface area contributed by atoms with Crippen molar-refractivity contribution in [1.82, 2.24) is 0 Å². The van der Waals surface area contributed by atoms with E-state index in [9.17, 15) is 4.79 Å². The van der Waals surface area contributed by atoms with Crippen molar-refractivity contribution in [2.75, 3.05) is 7.11 Å². The maximum absolute atomic E-state index is 12.1. The van der Waals surface area contributed by atoms with Crippen molar-refractivity contribution in [1.29, 1.82) is 0 Å². The van der Waals surface area contributed by atoms with Crippen LogP contribution in [0.5, 0.6) is 0 Å². The molecule has 0 heterocycles. The molecule has 1 aromatic rings. The van der Waals surface area contributed by atoms with Gasteiger partial charge in [0.15, 0.2) is 5.41 Å². The molecule has 1 aromatic carbocycles. The van der Waals surface area contributed by atoms with E-state index in [1.54, 1.807) is 0 Å². The summed E-state index contributed by atoms with van der Waals surface area (Å²) >= 11 is 0. The number of ether oxygens (including phenoxy) is 1. The van der Waals surface area contributed by atoms with E-state index in [0.29, 0.717) is 0 Å². The van der Waals surface area contributed by atoms with Crippen LogP contribution in [0, 0.1) is 17.4 Å². The molecule has 0 aliphatic rings. The Morgan fingerprint density at radius 1 is 1.35 bits per heavy atom. The van der Waals surface area contributed by atoms with Crippen LogP contribution < -0.4 is 0 Å². The van der Waals surface area contributed by atoms with Gasteiger partial charge in [-0.3, -0.25) is 4.79 Å². The van der Waals surface area contributed by atoms with E-state index in [4.69, 9.17) is 4.74 Å². The highest BCUT2D eigenvalue weighted by Crippen LogP contribution is 2.33. The zero-order valence-electron chi connectivity index (χ0n) is 10.3. The molecule has 3 radical (unpaired) electrons. The predicted octanol–water partition coefficient (Wildman–Crippen LogP) is 1.88. The third-order valence-electron chi connectivity index (χ3n) is 2.86. The van der Waals surface area contributed by atoms with E-state index in [0.717, 1.165) is 5.56 Å². The molecule has 1 atom stereocenters. The van der Waals surface area contributed by atoms with E-state index >= 15 is 0 Å². The van der Waals surface area contributed by atoms with E-state index in [2.05, 4.69) is 21.7 Å². The topological polar surface area (TPSA) is 26.3 Å². The Hall–Kier alpha value is -1.53. The molecule has 0 aliphatic carbocycles. The van der Waals surface area contributed by atoms with Crippen LogP contribution in [0.2, 0.25) is 0 Å². The molecule has 3 heteroatoms. The fourth-order valence-corrected chi connectivity index (χ4v) is 2.11. The summed E-state index contributed by atoms with van der Waals surface area (Å²) in [7, 11) is 4.52. The third-order valence-corrected chi connectivity index (χ3v) is 2.99. The van der Waals surface area contributed by atoms with Crippen LogP contribution in [0.3, 0.4) is 0 Å². The van der Waals surface area contributed by atoms with Crippen molar-refractivity contribution in [3.05, 3.63) is 35.9 Å². The molecular weight excluding hydrogens is 228 g/mol. The monoisotopic (exact) mass is 243 g/mol. The van der Waals surface area contributed by atoms with Crippen LogP contribution >= 0.6 is 0 Å². The SMILES string of the molecule is COC(=O)C(C#C[Si])(c1ccccc1)C(C)C. The molecule has 0 saturated carbocycles. The molecule has 2 nitrogen and oxygen atoms in total. The molecule has 0 aromatic heterocycles. The summed E-state index contributed by atoms with van der Waals surface area (Å²) in [4.78, 5) is 12.1. The smallest absolute Gasteiger partial charge is 0.328 e. The lowest BCUT2D eigenvalue weighted by Crippen LogP contribution is -2.40. The number of esters is 1. The number of methoxy groups -OCH3 is 1. The summed E-state index contributed by atoms with van der Waals surface area (Å²) in [6, 6.07) is 9.49. The zero-order chi connectivity index (χ0) is 12.9. The Labute approximate surface area is 106 Å². The summed E-state index contributed by atoms with van der Waals surface area (Å²) < 4.78 is 4.92. The minimum atomic E-state index is -0.919. The molecule has 87 valence electrons. The van der Waals surface area contributed by atoms with Gasteiger partial charge in [0.1, 0.15) is 10.2 Å². The first-order valence-corrected chi connectivity index (χ1v) is 5.92. The van der Waals surface area contributed by atoms with Gasteiger partial charge in [-0.2, -0.15) is 0 Å². The highest BCUT2D eigenvalue weighted by atomic mass is 28.1. The lowest BCUT2D eigenvalue weighted by Gasteiger charge is -2.30. The fourth-order valence-electron chi connectivity index (χ4n) is 1.92. The van der Waals surface area contributed by atoms with Crippen molar-refractivity contribution in [3.63, 3.8) is 0 Å². The first-order chi connectivity index (χ1) is 8.09. The minimum absolute atomic E-state index is 0.0150. The van der Waals surface area contributed by atoms with Gasteiger partial charge in [-0.25, -0.2) is 0 Å². The molecule has 0 N–H and O–H groups in total. The number of hydrogen-bond donors (Lipinski definition) is 0. The Morgan fingerprint density at radius 2 is 1.94 bits per heavy atom. The Balaban J connectivity index is 3.44. The van der Waals surface area contributed by atoms with Gasteiger partial charge in [0, 0.05) is 0 Å². The highest BCUT2D eigenvalue weighted by molar-refractivity contribution is 6.22. The Morgan fingerprint density at radius 3 is 2.35 bits per heavy atom. The number of hydrogen-bond acceptors (Lipinski definition) is 2. The summed E-state index contributed by atoms with van der Waals surface area (Å²) in [5.74, 6) is 2.64. The molecule has 1 rings (SSSR count). The molecule has 0 bridgehead atoms. The average Bonchev–Trinajstić information content (AvgIpc) is 2.35. The van der Waals surface area contributed by atoms with Crippen molar-refractivity contribution in [2.24, 2.45) is 5.92 Å². The second kappa shape index (κ2) is 5.69. The Kier molecular flexibility index (Phi) is 4.53. The van der Waals surface area contributed by atoms with Gasteiger partial charge >= 0.3 is 5.97 Å². The molecule has 1 unspecified atom stereocenters. The van der Waals surface area contributed by atoms with E-state index in [1.807, 2.05) is 44.2 Å². The van der Waals surface area contributed by atoms with Gasteiger partial charge in [-0.15, -0.1) is 5.54 Å². The molecule has 0 fully saturated rings. The summed E-state index contributed by atoms with van der Waals surface area (Å²) in [5, 5.41) is 0. The molecular formula is C14H15O2Si. The zero-order valence-corrected chi connectivity index (χ0v) is 11.3. The van der Waals surface area contributed by atoms with Crippen molar-refractivity contribution in [2.45, 2.75) is 19.3 Å². The van der Waals surface area contributed by atoms with Gasteiger partial charge in [-0.05, 0) is 11.5 Å². The normalized spacial score (nSPS) is 13.5. The van der Waals surface area contributed by atoms with Gasteiger partial charge in [-0.1, -0.05) is 50.1 Å². The predicted molar refractivity (Wildman–Crippen MR) is 68.5 cm³/mol. The summed E-state index contributed by atoms with van der Waals surface area (Å²) in [5.41, 5.74) is 2.59. The number of carbonyl (C=O) groups is 1. The van der Waals surface area contributed by atoms with Crippen LogP contribution in [0.25, 0.3) is 0 Å². The van der Waals surface area contributed by atoms with E-state index in [-0.39, 0.29) is 11.9 Å². The molecule has 0 spiro atoms. The van der Waals surface area contributed by atoms with Crippen LogP contribution in [0.1, 0.15) is 19.4 Å². The minimum Gasteiger partial charge on any atom is -0.468 e. The first kappa shape index (κ1) is 13.5. The van der Waals surface area contributed by atoms with Gasteiger partial charge in [0.05, 0.1) is 7.11 Å². The Bertz CT molecular complexity index is 442. The lowest BCUT2D eigenvalue weighted by atomic mass is 9.72. The standard InChI is InChI=1S/C14H15O2Si/c1-11(2)14(9-10-17,13(15)16-3)12-7-5-4-6-8-12/h4-8,11H,1-3H3. The van der Waals surface area contributed by atoms with Crippen molar-refractivity contribution in [3.8, 4) is 11.5 Å². The molecule has 0 saturated heterocycles. The maximum atomic E-state index is 12.1. The molecule has 0 aliphatic heterocycles. The number of rotatable bonds is 3. The van der Waals surface area contributed by atoms with Crippen LogP contribution in [-0.4, -0.2) is 23.3 Å². The maximum Gasteiger partial charge on any atom is 0.328 e. The molecule has 0 amide bonds. The highest BCUT2D eigenvalue weighted by Gasteiger charge is 2.42. The summed E-state index contributed by atoms with van der Waals surface area (Å²) in [6.45, 7) is 3.92. The van der Waals surface area contributed by atoms with Crippen LogP contribution in [0.4, 0.5) is 0 Å². The largest absolute Gasteiger partial charge is 0.468 e. The summed E-state index contributed by atoms with van der Waals surface area (Å²) in [6.07, 6.45) is 0. The first-order valence-electron chi connectivity index (χ1n) is 5.42. The van der Waals surface area contributed by atoms with Gasteiger partial charge in [0.2, 0.25) is 0 Å². The fraction of sp³-hybridized carbons (Fsp3) is 0.357.